The van der Waals surface area contributed by atoms with Gasteiger partial charge in [0, 0.05) is 18.8 Å². The van der Waals surface area contributed by atoms with Crippen LogP contribution in [0, 0.1) is 0 Å². The molecule has 2 atom stereocenters. The molecule has 5 nitrogen and oxygen atoms in total. The summed E-state index contributed by atoms with van der Waals surface area (Å²) in [5.74, 6) is -0.0592. The molecule has 2 aliphatic rings. The van der Waals surface area contributed by atoms with E-state index >= 15 is 0 Å². The van der Waals surface area contributed by atoms with Crippen molar-refractivity contribution >= 4 is 36.4 Å². The van der Waals surface area contributed by atoms with E-state index in [9.17, 15) is 4.79 Å². The molecule has 0 radical (unpaired) electrons. The summed E-state index contributed by atoms with van der Waals surface area (Å²) in [6.45, 7) is 3.79. The van der Waals surface area contributed by atoms with Crippen LogP contribution in [-0.2, 0) is 16.1 Å². The van der Waals surface area contributed by atoms with Gasteiger partial charge >= 0.3 is 0 Å². The van der Waals surface area contributed by atoms with Crippen molar-refractivity contribution in [2.24, 2.45) is 5.73 Å². The molecule has 0 unspecified atom stereocenters. The van der Waals surface area contributed by atoms with E-state index in [0.717, 1.165) is 25.1 Å². The molecule has 2 heterocycles. The van der Waals surface area contributed by atoms with Crippen molar-refractivity contribution in [2.45, 2.75) is 50.9 Å². The molecule has 7 heteroatoms. The molecule has 3 N–H and O–H groups in total. The second-order valence-electron chi connectivity index (χ2n) is 6.59. The Hall–Kier alpha value is -0.850. The largest absolute Gasteiger partial charge is 0.364 e. The molecule has 142 valence electrons. The first-order valence-corrected chi connectivity index (χ1v) is 8.72. The van der Waals surface area contributed by atoms with Gasteiger partial charge in [-0.3, -0.25) is 9.69 Å². The Morgan fingerprint density at radius 1 is 1.20 bits per heavy atom. The lowest BCUT2D eigenvalue weighted by molar-refractivity contribution is -0.126. The smallest absolute Gasteiger partial charge is 0.253 e. The van der Waals surface area contributed by atoms with Crippen LogP contribution in [0.2, 0.25) is 0 Å². The van der Waals surface area contributed by atoms with Crippen molar-refractivity contribution in [3.05, 3.63) is 29.8 Å². The van der Waals surface area contributed by atoms with Gasteiger partial charge in [-0.15, -0.1) is 24.8 Å². The van der Waals surface area contributed by atoms with Gasteiger partial charge in [-0.25, -0.2) is 0 Å². The number of halogens is 2. The molecule has 3 rings (SSSR count). The van der Waals surface area contributed by atoms with Crippen LogP contribution in [-0.4, -0.2) is 42.6 Å². The minimum absolute atomic E-state index is 0. The maximum Gasteiger partial charge on any atom is 0.253 e. The molecule has 1 aromatic rings. The Bertz CT molecular complexity index is 539. The number of nitrogens with one attached hydrogen (secondary N) is 1. The van der Waals surface area contributed by atoms with Crippen molar-refractivity contribution in [3.8, 4) is 0 Å². The molecule has 0 aliphatic carbocycles. The van der Waals surface area contributed by atoms with Crippen LogP contribution < -0.4 is 11.1 Å². The van der Waals surface area contributed by atoms with Crippen molar-refractivity contribution < 1.29 is 9.53 Å². The van der Waals surface area contributed by atoms with E-state index in [0.29, 0.717) is 6.54 Å². The minimum atomic E-state index is -0.366. The van der Waals surface area contributed by atoms with Crippen LogP contribution in [0.5, 0.6) is 0 Å². The fourth-order valence-electron chi connectivity index (χ4n) is 3.42. The van der Waals surface area contributed by atoms with Crippen LogP contribution in [0.1, 0.15) is 37.7 Å². The van der Waals surface area contributed by atoms with Crippen LogP contribution >= 0.6 is 24.8 Å². The molecule has 1 aromatic carbocycles. The third kappa shape index (κ3) is 6.42. The number of piperidine rings is 1. The third-order valence-electron chi connectivity index (χ3n) is 4.71. The highest BCUT2D eigenvalue weighted by Gasteiger charge is 2.29. The number of nitrogens with zero attached hydrogens (tertiary/aromatic N) is 1. The van der Waals surface area contributed by atoms with E-state index in [1.165, 1.54) is 37.9 Å². The van der Waals surface area contributed by atoms with E-state index in [2.05, 4.69) is 22.3 Å². The highest BCUT2D eigenvalue weighted by atomic mass is 35.5. The SMILES string of the molecule is Cl.Cl.NC[C@H]1CC[C@@H](C(=O)Nc2cccc(CN3CCCCC3)c2)O1. The molecule has 0 bridgehead atoms. The number of carbonyl (C=O) groups excluding carboxylic acids is 1. The molecule has 2 fully saturated rings. The lowest BCUT2D eigenvalue weighted by Gasteiger charge is -2.26. The van der Waals surface area contributed by atoms with E-state index in [1.54, 1.807) is 0 Å². The van der Waals surface area contributed by atoms with Gasteiger partial charge in [0.2, 0.25) is 0 Å². The maximum absolute atomic E-state index is 12.3. The number of hydrogen-bond acceptors (Lipinski definition) is 4. The molecule has 0 spiro atoms. The fraction of sp³-hybridized carbons (Fsp3) is 0.611. The Balaban J connectivity index is 0.00000156. The lowest BCUT2D eigenvalue weighted by atomic mass is 10.1. The summed E-state index contributed by atoms with van der Waals surface area (Å²) in [5.41, 5.74) is 7.69. The zero-order chi connectivity index (χ0) is 16.1. The molecular weight excluding hydrogens is 361 g/mol. The summed E-state index contributed by atoms with van der Waals surface area (Å²) in [7, 11) is 0. The molecule has 0 aromatic heterocycles. The topological polar surface area (TPSA) is 67.6 Å². The van der Waals surface area contributed by atoms with E-state index in [1.807, 2.05) is 12.1 Å². The Morgan fingerprint density at radius 3 is 2.64 bits per heavy atom. The standard InChI is InChI=1S/C18H27N3O2.2ClH/c19-12-16-7-8-17(23-16)18(22)20-15-6-4-5-14(11-15)13-21-9-2-1-3-10-21;;/h4-6,11,16-17H,1-3,7-10,12-13,19H2,(H,20,22);2*1H/t16-,17+;;/m1../s1. The Morgan fingerprint density at radius 2 is 1.96 bits per heavy atom. The van der Waals surface area contributed by atoms with Gasteiger partial charge in [-0.2, -0.15) is 0 Å². The first kappa shape index (κ1) is 22.2. The third-order valence-corrected chi connectivity index (χ3v) is 4.71. The Labute approximate surface area is 162 Å². The number of hydrogen-bond donors (Lipinski definition) is 2. The summed E-state index contributed by atoms with van der Waals surface area (Å²) in [6.07, 6.45) is 5.20. The number of anilines is 1. The summed E-state index contributed by atoms with van der Waals surface area (Å²) in [6, 6.07) is 8.14. The van der Waals surface area contributed by atoms with Crippen LogP contribution in [0.4, 0.5) is 5.69 Å². The second-order valence-corrected chi connectivity index (χ2v) is 6.59. The quantitative estimate of drug-likeness (QED) is 0.811. The second kappa shape index (κ2) is 11.0. The predicted molar refractivity (Wildman–Crippen MR) is 106 cm³/mol. The lowest BCUT2D eigenvalue weighted by Crippen LogP contribution is -2.30. The van der Waals surface area contributed by atoms with Crippen molar-refractivity contribution in [2.75, 3.05) is 25.0 Å². The number of likely N-dealkylation sites (tertiary alicyclic amines) is 1. The number of carbonyl (C=O) groups is 1. The highest BCUT2D eigenvalue weighted by Crippen LogP contribution is 2.21. The van der Waals surface area contributed by atoms with Gasteiger partial charge in [-0.1, -0.05) is 18.6 Å². The average molecular weight is 390 g/mol. The molecule has 1 amide bonds. The van der Waals surface area contributed by atoms with E-state index in [4.69, 9.17) is 10.5 Å². The molecule has 2 saturated heterocycles. The number of nitrogens with two attached hydrogens (primary N) is 1. The molecule has 2 aliphatic heterocycles. The fourth-order valence-corrected chi connectivity index (χ4v) is 3.42. The minimum Gasteiger partial charge on any atom is -0.364 e. The first-order chi connectivity index (χ1) is 11.2. The Kier molecular flexibility index (Phi) is 9.75. The number of rotatable bonds is 5. The summed E-state index contributed by atoms with van der Waals surface area (Å²) >= 11 is 0. The molecule has 0 saturated carbocycles. The van der Waals surface area contributed by atoms with Gasteiger partial charge in [0.05, 0.1) is 6.10 Å². The van der Waals surface area contributed by atoms with Gasteiger partial charge < -0.3 is 15.8 Å². The summed E-state index contributed by atoms with van der Waals surface area (Å²) in [4.78, 5) is 14.8. The normalized spacial score (nSPS) is 23.4. The monoisotopic (exact) mass is 389 g/mol. The number of amides is 1. The van der Waals surface area contributed by atoms with Gasteiger partial charge in [-0.05, 0) is 56.5 Å². The van der Waals surface area contributed by atoms with Gasteiger partial charge in [0.25, 0.3) is 5.91 Å². The highest BCUT2D eigenvalue weighted by molar-refractivity contribution is 5.94. The van der Waals surface area contributed by atoms with Crippen molar-refractivity contribution in [1.82, 2.24) is 4.90 Å². The average Bonchev–Trinajstić information content (AvgIpc) is 3.05. The van der Waals surface area contributed by atoms with Crippen LogP contribution in [0.3, 0.4) is 0 Å². The predicted octanol–water partition coefficient (Wildman–Crippen LogP) is 2.96. The molecular formula is C18H29Cl2N3O2. The number of ether oxygens (including phenoxy) is 1. The van der Waals surface area contributed by atoms with Crippen LogP contribution in [0.25, 0.3) is 0 Å². The number of benzene rings is 1. The first-order valence-electron chi connectivity index (χ1n) is 8.72. The van der Waals surface area contributed by atoms with Crippen LogP contribution in [0.15, 0.2) is 24.3 Å². The van der Waals surface area contributed by atoms with Crippen molar-refractivity contribution in [3.63, 3.8) is 0 Å². The van der Waals surface area contributed by atoms with E-state index < -0.39 is 0 Å². The zero-order valence-corrected chi connectivity index (χ0v) is 16.1. The summed E-state index contributed by atoms with van der Waals surface area (Å²) in [5, 5.41) is 2.98. The molecule has 25 heavy (non-hydrogen) atoms. The van der Waals surface area contributed by atoms with E-state index in [-0.39, 0.29) is 42.9 Å². The van der Waals surface area contributed by atoms with Crippen molar-refractivity contribution in [1.29, 1.82) is 0 Å². The zero-order valence-electron chi connectivity index (χ0n) is 14.5. The van der Waals surface area contributed by atoms with Gasteiger partial charge in [0.1, 0.15) is 6.10 Å². The maximum atomic E-state index is 12.3. The summed E-state index contributed by atoms with van der Waals surface area (Å²) < 4.78 is 5.65. The van der Waals surface area contributed by atoms with Gasteiger partial charge in [0.15, 0.2) is 0 Å².